The molecule has 1 unspecified atom stereocenters. The van der Waals surface area contributed by atoms with Crippen molar-refractivity contribution in [1.29, 1.82) is 0 Å². The van der Waals surface area contributed by atoms with Crippen molar-refractivity contribution < 1.29 is 13.5 Å². The first-order valence-electron chi connectivity index (χ1n) is 6.31. The largest absolute Gasteiger partial charge is 0.392 e. The topological polar surface area (TPSA) is 66.4 Å². The molecule has 7 heteroatoms. The molecule has 1 aromatic heterocycles. The molecule has 0 saturated heterocycles. The van der Waals surface area contributed by atoms with E-state index in [9.17, 15) is 8.42 Å². The zero-order chi connectivity index (χ0) is 15.6. The van der Waals surface area contributed by atoms with E-state index in [4.69, 9.17) is 5.11 Å². The Morgan fingerprint density at radius 1 is 1.33 bits per heavy atom. The molecule has 1 atom stereocenters. The molecule has 2 rings (SSSR count). The van der Waals surface area contributed by atoms with Crippen LogP contribution in [-0.4, -0.2) is 13.5 Å². The standard InChI is InChI=1S/C14H16BrNO3S2/c1-9-3-5-13(20-9)10(2)16-21(18,19)14-6-4-11(8-17)7-12(14)15/h3-7,10,16-17H,8H2,1-2H3. The maximum absolute atomic E-state index is 12.4. The van der Waals surface area contributed by atoms with Gasteiger partial charge in [-0.1, -0.05) is 6.07 Å². The fourth-order valence-electron chi connectivity index (χ4n) is 1.90. The van der Waals surface area contributed by atoms with E-state index in [1.165, 1.54) is 6.07 Å². The van der Waals surface area contributed by atoms with Crippen molar-refractivity contribution in [3.05, 3.63) is 50.1 Å². The molecule has 1 aromatic carbocycles. The monoisotopic (exact) mass is 389 g/mol. The molecule has 0 amide bonds. The van der Waals surface area contributed by atoms with Crippen LogP contribution in [0.2, 0.25) is 0 Å². The van der Waals surface area contributed by atoms with Gasteiger partial charge in [-0.25, -0.2) is 13.1 Å². The lowest BCUT2D eigenvalue weighted by Crippen LogP contribution is -2.26. The van der Waals surface area contributed by atoms with Crippen LogP contribution >= 0.6 is 27.3 Å². The Hall–Kier alpha value is -0.730. The van der Waals surface area contributed by atoms with E-state index in [1.54, 1.807) is 23.5 Å². The van der Waals surface area contributed by atoms with Crippen LogP contribution in [0.3, 0.4) is 0 Å². The number of halogens is 1. The van der Waals surface area contributed by atoms with Gasteiger partial charge in [-0.05, 0) is 59.6 Å². The Bertz CT molecular complexity index is 740. The lowest BCUT2D eigenvalue weighted by Gasteiger charge is -2.14. The normalized spacial score (nSPS) is 13.3. The number of aliphatic hydroxyl groups excluding tert-OH is 1. The molecule has 4 nitrogen and oxygen atoms in total. The summed E-state index contributed by atoms with van der Waals surface area (Å²) in [4.78, 5) is 2.28. The predicted molar refractivity (Wildman–Crippen MR) is 87.9 cm³/mol. The molecule has 2 N–H and O–H groups in total. The van der Waals surface area contributed by atoms with Gasteiger partial charge < -0.3 is 5.11 Å². The molecule has 2 aromatic rings. The summed E-state index contributed by atoms with van der Waals surface area (Å²) < 4.78 is 28.0. The lowest BCUT2D eigenvalue weighted by atomic mass is 10.2. The van der Waals surface area contributed by atoms with Crippen LogP contribution in [-0.2, 0) is 16.6 Å². The maximum Gasteiger partial charge on any atom is 0.242 e. The third-order valence-electron chi connectivity index (χ3n) is 2.99. The smallest absolute Gasteiger partial charge is 0.242 e. The predicted octanol–water partition coefficient (Wildman–Crippen LogP) is 3.35. The van der Waals surface area contributed by atoms with E-state index in [2.05, 4.69) is 20.7 Å². The van der Waals surface area contributed by atoms with Gasteiger partial charge in [-0.2, -0.15) is 0 Å². The van der Waals surface area contributed by atoms with E-state index in [0.29, 0.717) is 10.0 Å². The van der Waals surface area contributed by atoms with Crippen LogP contribution in [0.15, 0.2) is 39.7 Å². The molecule has 0 fully saturated rings. The number of benzene rings is 1. The molecule has 0 aliphatic heterocycles. The quantitative estimate of drug-likeness (QED) is 0.823. The van der Waals surface area contributed by atoms with Crippen LogP contribution in [0.4, 0.5) is 0 Å². The Kier molecular flexibility index (Phi) is 5.21. The second-order valence-electron chi connectivity index (χ2n) is 4.71. The third-order valence-corrected chi connectivity index (χ3v) is 6.69. The zero-order valence-electron chi connectivity index (χ0n) is 11.6. The number of nitrogens with one attached hydrogen (secondary N) is 1. The molecule has 0 spiro atoms. The Labute approximate surface area is 137 Å². The molecule has 1 heterocycles. The number of thiophene rings is 1. The van der Waals surface area contributed by atoms with E-state index in [-0.39, 0.29) is 17.5 Å². The molecule has 0 aliphatic carbocycles. The molecule has 0 bridgehead atoms. The number of aliphatic hydroxyl groups is 1. The van der Waals surface area contributed by atoms with Gasteiger partial charge in [0.15, 0.2) is 0 Å². The highest BCUT2D eigenvalue weighted by atomic mass is 79.9. The van der Waals surface area contributed by atoms with Crippen molar-refractivity contribution in [2.24, 2.45) is 0 Å². The summed E-state index contributed by atoms with van der Waals surface area (Å²) in [5.74, 6) is 0. The number of aryl methyl sites for hydroxylation is 1. The number of rotatable bonds is 5. The van der Waals surface area contributed by atoms with Crippen molar-refractivity contribution in [2.75, 3.05) is 0 Å². The van der Waals surface area contributed by atoms with Gasteiger partial charge in [0.05, 0.1) is 17.5 Å². The van der Waals surface area contributed by atoms with E-state index < -0.39 is 10.0 Å². The van der Waals surface area contributed by atoms with Crippen molar-refractivity contribution >= 4 is 37.3 Å². The Balaban J connectivity index is 2.26. The first-order valence-corrected chi connectivity index (χ1v) is 9.40. The molecular weight excluding hydrogens is 374 g/mol. The molecule has 114 valence electrons. The maximum atomic E-state index is 12.4. The highest BCUT2D eigenvalue weighted by Gasteiger charge is 2.21. The molecule has 0 aliphatic rings. The summed E-state index contributed by atoms with van der Waals surface area (Å²) in [5, 5.41) is 9.07. The molecule has 0 saturated carbocycles. The lowest BCUT2D eigenvalue weighted by molar-refractivity contribution is 0.281. The van der Waals surface area contributed by atoms with E-state index >= 15 is 0 Å². The van der Waals surface area contributed by atoms with E-state index in [0.717, 1.165) is 9.75 Å². The zero-order valence-corrected chi connectivity index (χ0v) is 14.8. The summed E-state index contributed by atoms with van der Waals surface area (Å²) in [5.41, 5.74) is 0.655. The highest BCUT2D eigenvalue weighted by Crippen LogP contribution is 2.27. The van der Waals surface area contributed by atoms with Crippen LogP contribution in [0.1, 0.15) is 28.3 Å². The van der Waals surface area contributed by atoms with Gasteiger partial charge in [0.2, 0.25) is 10.0 Å². The summed E-state index contributed by atoms with van der Waals surface area (Å²) in [6, 6.07) is 8.30. The second-order valence-corrected chi connectivity index (χ2v) is 8.57. The minimum Gasteiger partial charge on any atom is -0.392 e. The van der Waals surface area contributed by atoms with Gasteiger partial charge in [0.25, 0.3) is 0 Å². The van der Waals surface area contributed by atoms with Crippen molar-refractivity contribution in [3.63, 3.8) is 0 Å². The number of hydrogen-bond acceptors (Lipinski definition) is 4. The Morgan fingerprint density at radius 3 is 2.57 bits per heavy atom. The van der Waals surface area contributed by atoms with Crippen molar-refractivity contribution in [3.8, 4) is 0 Å². The fraction of sp³-hybridized carbons (Fsp3) is 0.286. The van der Waals surface area contributed by atoms with Gasteiger partial charge in [-0.15, -0.1) is 11.3 Å². The number of hydrogen-bond donors (Lipinski definition) is 2. The van der Waals surface area contributed by atoms with Crippen molar-refractivity contribution in [1.82, 2.24) is 4.72 Å². The summed E-state index contributed by atoms with van der Waals surface area (Å²) in [6.45, 7) is 3.68. The number of sulfonamides is 1. The third kappa shape index (κ3) is 3.92. The summed E-state index contributed by atoms with van der Waals surface area (Å²) in [7, 11) is -3.63. The minimum absolute atomic E-state index is 0.128. The average Bonchev–Trinajstić information content (AvgIpc) is 2.84. The van der Waals surface area contributed by atoms with Crippen LogP contribution in [0.5, 0.6) is 0 Å². The van der Waals surface area contributed by atoms with Gasteiger partial charge >= 0.3 is 0 Å². The van der Waals surface area contributed by atoms with Crippen LogP contribution in [0.25, 0.3) is 0 Å². The van der Waals surface area contributed by atoms with E-state index in [1.807, 2.05) is 26.0 Å². The second kappa shape index (κ2) is 6.58. The van der Waals surface area contributed by atoms with Gasteiger partial charge in [-0.3, -0.25) is 0 Å². The van der Waals surface area contributed by atoms with Gasteiger partial charge in [0, 0.05) is 14.2 Å². The van der Waals surface area contributed by atoms with Crippen LogP contribution in [0, 0.1) is 6.92 Å². The fourth-order valence-corrected chi connectivity index (χ4v) is 5.20. The summed E-state index contributed by atoms with van der Waals surface area (Å²) in [6.07, 6.45) is 0. The minimum atomic E-state index is -3.63. The van der Waals surface area contributed by atoms with Crippen LogP contribution < -0.4 is 4.72 Å². The highest BCUT2D eigenvalue weighted by molar-refractivity contribution is 9.10. The first-order chi connectivity index (χ1) is 9.83. The summed E-state index contributed by atoms with van der Waals surface area (Å²) >= 11 is 4.82. The molecule has 21 heavy (non-hydrogen) atoms. The van der Waals surface area contributed by atoms with Gasteiger partial charge in [0.1, 0.15) is 0 Å². The average molecular weight is 390 g/mol. The Morgan fingerprint density at radius 2 is 2.05 bits per heavy atom. The molecular formula is C14H16BrNO3S2. The van der Waals surface area contributed by atoms with Crippen molar-refractivity contribution in [2.45, 2.75) is 31.4 Å². The molecule has 0 radical (unpaired) electrons. The SMILES string of the molecule is Cc1ccc(C(C)NS(=O)(=O)c2ccc(CO)cc2Br)s1. The first kappa shape index (κ1) is 16.6.